The van der Waals surface area contributed by atoms with E-state index >= 15 is 0 Å². The summed E-state index contributed by atoms with van der Waals surface area (Å²) >= 11 is 0. The molecule has 0 spiro atoms. The van der Waals surface area contributed by atoms with Crippen molar-refractivity contribution >= 4 is 0 Å². The predicted octanol–water partition coefficient (Wildman–Crippen LogP) is 4.22. The topological polar surface area (TPSA) is 3.24 Å². The molecule has 94 valence electrons. The maximum absolute atomic E-state index is 2.85. The van der Waals surface area contributed by atoms with Crippen LogP contribution in [0.15, 0.2) is 0 Å². The van der Waals surface area contributed by atoms with E-state index in [2.05, 4.69) is 18.7 Å². The molecule has 1 heterocycles. The SMILES string of the molecule is CCCCCC1CC2CCCCC2N1CC. The predicted molar refractivity (Wildman–Crippen MR) is 70.7 cm³/mol. The Morgan fingerprint density at radius 1 is 1.06 bits per heavy atom. The molecule has 2 fully saturated rings. The summed E-state index contributed by atoms with van der Waals surface area (Å²) in [4.78, 5) is 2.85. The van der Waals surface area contributed by atoms with Crippen molar-refractivity contribution in [3.63, 3.8) is 0 Å². The van der Waals surface area contributed by atoms with Crippen molar-refractivity contribution in [3.8, 4) is 0 Å². The lowest BCUT2D eigenvalue weighted by atomic mass is 9.84. The number of fused-ring (bicyclic) bond motifs is 1. The van der Waals surface area contributed by atoms with E-state index < -0.39 is 0 Å². The van der Waals surface area contributed by atoms with Crippen LogP contribution in [0.5, 0.6) is 0 Å². The maximum Gasteiger partial charge on any atom is 0.0127 e. The standard InChI is InChI=1S/C15H29N/c1-3-5-6-10-14-12-13-9-7-8-11-15(13)16(14)4-2/h13-15H,3-12H2,1-2H3. The summed E-state index contributed by atoms with van der Waals surface area (Å²) in [6.45, 7) is 5.97. The molecule has 0 aromatic rings. The van der Waals surface area contributed by atoms with Crippen molar-refractivity contribution in [1.29, 1.82) is 0 Å². The van der Waals surface area contributed by atoms with Gasteiger partial charge in [0, 0.05) is 12.1 Å². The first kappa shape index (κ1) is 12.4. The molecule has 16 heavy (non-hydrogen) atoms. The van der Waals surface area contributed by atoms with Crippen LogP contribution in [0.4, 0.5) is 0 Å². The van der Waals surface area contributed by atoms with Crippen LogP contribution >= 0.6 is 0 Å². The highest BCUT2D eigenvalue weighted by molar-refractivity contribution is 4.95. The largest absolute Gasteiger partial charge is 0.297 e. The fourth-order valence-electron chi connectivity index (χ4n) is 4.06. The van der Waals surface area contributed by atoms with Crippen molar-refractivity contribution in [3.05, 3.63) is 0 Å². The summed E-state index contributed by atoms with van der Waals surface area (Å²) in [5.41, 5.74) is 0. The van der Waals surface area contributed by atoms with Gasteiger partial charge in [0.15, 0.2) is 0 Å². The Labute approximate surface area is 102 Å². The second-order valence-corrected chi connectivity index (χ2v) is 5.83. The number of nitrogens with zero attached hydrogens (tertiary/aromatic N) is 1. The van der Waals surface area contributed by atoms with E-state index in [1.54, 1.807) is 0 Å². The van der Waals surface area contributed by atoms with Crippen LogP contribution in [0, 0.1) is 5.92 Å². The molecule has 1 aliphatic heterocycles. The number of hydrogen-bond donors (Lipinski definition) is 0. The van der Waals surface area contributed by atoms with Gasteiger partial charge < -0.3 is 0 Å². The van der Waals surface area contributed by atoms with Gasteiger partial charge in [0.25, 0.3) is 0 Å². The number of unbranched alkanes of at least 4 members (excludes halogenated alkanes) is 2. The molecule has 3 unspecified atom stereocenters. The molecular weight excluding hydrogens is 194 g/mol. The fourth-order valence-corrected chi connectivity index (χ4v) is 4.06. The molecule has 2 aliphatic rings. The first-order valence-electron chi connectivity index (χ1n) is 7.62. The van der Waals surface area contributed by atoms with Gasteiger partial charge in [-0.3, -0.25) is 4.90 Å². The van der Waals surface area contributed by atoms with E-state index in [0.29, 0.717) is 0 Å². The molecule has 1 heteroatoms. The van der Waals surface area contributed by atoms with Gasteiger partial charge >= 0.3 is 0 Å². The van der Waals surface area contributed by atoms with Crippen LogP contribution in [-0.4, -0.2) is 23.5 Å². The van der Waals surface area contributed by atoms with Gasteiger partial charge in [-0.15, -0.1) is 0 Å². The molecular formula is C15H29N. The summed E-state index contributed by atoms with van der Waals surface area (Å²) < 4.78 is 0. The van der Waals surface area contributed by atoms with Crippen molar-refractivity contribution in [2.45, 2.75) is 83.7 Å². The zero-order chi connectivity index (χ0) is 11.4. The van der Waals surface area contributed by atoms with Gasteiger partial charge in [-0.05, 0) is 38.1 Å². The Balaban J connectivity index is 1.87. The Kier molecular flexibility index (Phi) is 4.69. The first-order valence-corrected chi connectivity index (χ1v) is 7.62. The third kappa shape index (κ3) is 2.61. The molecule has 3 atom stereocenters. The summed E-state index contributed by atoms with van der Waals surface area (Å²) in [5, 5.41) is 0. The monoisotopic (exact) mass is 223 g/mol. The van der Waals surface area contributed by atoms with Crippen LogP contribution in [0.25, 0.3) is 0 Å². The molecule has 0 aromatic carbocycles. The highest BCUT2D eigenvalue weighted by Crippen LogP contribution is 2.40. The molecule has 1 saturated heterocycles. The van der Waals surface area contributed by atoms with Crippen molar-refractivity contribution in [1.82, 2.24) is 4.90 Å². The summed E-state index contributed by atoms with van der Waals surface area (Å²) in [7, 11) is 0. The highest BCUT2D eigenvalue weighted by atomic mass is 15.2. The second kappa shape index (κ2) is 6.05. The lowest BCUT2D eigenvalue weighted by molar-refractivity contribution is 0.153. The van der Waals surface area contributed by atoms with E-state index in [1.807, 2.05) is 0 Å². The highest BCUT2D eigenvalue weighted by Gasteiger charge is 2.40. The minimum Gasteiger partial charge on any atom is -0.297 e. The number of hydrogen-bond acceptors (Lipinski definition) is 1. The van der Waals surface area contributed by atoms with Crippen LogP contribution in [0.2, 0.25) is 0 Å². The maximum atomic E-state index is 2.85. The summed E-state index contributed by atoms with van der Waals surface area (Å²) in [5.74, 6) is 1.06. The van der Waals surface area contributed by atoms with Crippen LogP contribution in [-0.2, 0) is 0 Å². The van der Waals surface area contributed by atoms with Crippen molar-refractivity contribution in [2.75, 3.05) is 6.54 Å². The third-order valence-corrected chi connectivity index (χ3v) is 4.84. The minimum absolute atomic E-state index is 0.935. The van der Waals surface area contributed by atoms with E-state index in [4.69, 9.17) is 0 Å². The summed E-state index contributed by atoms with van der Waals surface area (Å²) in [6, 6.07) is 1.90. The average Bonchev–Trinajstić information content (AvgIpc) is 2.67. The summed E-state index contributed by atoms with van der Waals surface area (Å²) in [6.07, 6.45) is 13.2. The van der Waals surface area contributed by atoms with Gasteiger partial charge in [-0.1, -0.05) is 46.0 Å². The van der Waals surface area contributed by atoms with Gasteiger partial charge in [-0.2, -0.15) is 0 Å². The first-order chi connectivity index (χ1) is 7.86. The lowest BCUT2D eigenvalue weighted by Gasteiger charge is -2.33. The second-order valence-electron chi connectivity index (χ2n) is 5.83. The number of rotatable bonds is 5. The zero-order valence-electron chi connectivity index (χ0n) is 11.3. The van der Waals surface area contributed by atoms with Crippen molar-refractivity contribution < 1.29 is 0 Å². The average molecular weight is 223 g/mol. The van der Waals surface area contributed by atoms with Gasteiger partial charge in [-0.25, -0.2) is 0 Å². The Hall–Kier alpha value is -0.0400. The molecule has 0 radical (unpaired) electrons. The molecule has 1 saturated carbocycles. The molecule has 0 N–H and O–H groups in total. The smallest absolute Gasteiger partial charge is 0.0127 e. The Morgan fingerprint density at radius 2 is 1.88 bits per heavy atom. The quantitative estimate of drug-likeness (QED) is 0.631. The van der Waals surface area contributed by atoms with Crippen molar-refractivity contribution in [2.24, 2.45) is 5.92 Å². The molecule has 2 rings (SSSR count). The molecule has 1 nitrogen and oxygen atoms in total. The third-order valence-electron chi connectivity index (χ3n) is 4.84. The number of likely N-dealkylation sites (tertiary alicyclic amines) is 1. The normalized spacial score (nSPS) is 35.2. The van der Waals surface area contributed by atoms with Crippen LogP contribution in [0.1, 0.15) is 71.6 Å². The van der Waals surface area contributed by atoms with E-state index in [-0.39, 0.29) is 0 Å². The molecule has 0 bridgehead atoms. The zero-order valence-corrected chi connectivity index (χ0v) is 11.3. The van der Waals surface area contributed by atoms with E-state index in [1.165, 1.54) is 64.3 Å². The van der Waals surface area contributed by atoms with Gasteiger partial charge in [0.05, 0.1) is 0 Å². The lowest BCUT2D eigenvalue weighted by Crippen LogP contribution is -2.38. The minimum atomic E-state index is 0.935. The molecule has 0 aromatic heterocycles. The Morgan fingerprint density at radius 3 is 2.62 bits per heavy atom. The Bertz CT molecular complexity index is 202. The van der Waals surface area contributed by atoms with Gasteiger partial charge in [0.2, 0.25) is 0 Å². The van der Waals surface area contributed by atoms with Gasteiger partial charge in [0.1, 0.15) is 0 Å². The molecule has 0 amide bonds. The van der Waals surface area contributed by atoms with Crippen LogP contribution in [0.3, 0.4) is 0 Å². The molecule has 1 aliphatic carbocycles. The van der Waals surface area contributed by atoms with E-state index in [0.717, 1.165) is 18.0 Å². The van der Waals surface area contributed by atoms with Crippen LogP contribution < -0.4 is 0 Å². The fraction of sp³-hybridized carbons (Fsp3) is 1.00. The van der Waals surface area contributed by atoms with E-state index in [9.17, 15) is 0 Å².